The number of rotatable bonds is 6. The maximum absolute atomic E-state index is 11.9. The molecule has 0 saturated heterocycles. The molecule has 0 aliphatic rings. The monoisotopic (exact) mass is 265 g/mol. The summed E-state index contributed by atoms with van der Waals surface area (Å²) in [4.78, 5) is 24.1. The number of carbonyl (C=O) groups is 1. The van der Waals surface area contributed by atoms with Gasteiger partial charge in [0.2, 0.25) is 11.9 Å². The molecule has 1 aromatic rings. The van der Waals surface area contributed by atoms with Crippen LogP contribution in [-0.2, 0) is 4.79 Å². The van der Waals surface area contributed by atoms with Crippen molar-refractivity contribution in [1.82, 2.24) is 14.9 Å². The molecule has 0 aliphatic carbocycles. The highest BCUT2D eigenvalue weighted by atomic mass is 16.2. The van der Waals surface area contributed by atoms with Crippen molar-refractivity contribution >= 4 is 17.7 Å². The molecule has 106 valence electrons. The maximum atomic E-state index is 11.9. The molecule has 1 heterocycles. The Morgan fingerprint density at radius 2 is 2.05 bits per heavy atom. The molecule has 0 spiro atoms. The Morgan fingerprint density at radius 1 is 1.37 bits per heavy atom. The molecule has 0 saturated carbocycles. The lowest BCUT2D eigenvalue weighted by molar-refractivity contribution is -0.127. The van der Waals surface area contributed by atoms with Gasteiger partial charge in [-0.25, -0.2) is 4.98 Å². The van der Waals surface area contributed by atoms with Crippen LogP contribution in [0.2, 0.25) is 0 Å². The van der Waals surface area contributed by atoms with Crippen molar-refractivity contribution in [3.8, 4) is 0 Å². The Bertz CT molecular complexity index is 433. The Morgan fingerprint density at radius 3 is 2.58 bits per heavy atom. The van der Waals surface area contributed by atoms with Crippen molar-refractivity contribution in [2.75, 3.05) is 44.4 Å². The molecular formula is C13H23N5O. The smallest absolute Gasteiger partial charge is 0.241 e. The van der Waals surface area contributed by atoms with E-state index in [1.54, 1.807) is 26.0 Å². The number of nitrogens with zero attached hydrogens (tertiary/aromatic N) is 4. The first kappa shape index (κ1) is 15.2. The minimum Gasteiger partial charge on any atom is -0.357 e. The molecule has 0 aromatic carbocycles. The van der Waals surface area contributed by atoms with E-state index in [0.717, 1.165) is 24.5 Å². The zero-order chi connectivity index (χ0) is 14.4. The molecule has 0 unspecified atom stereocenters. The van der Waals surface area contributed by atoms with E-state index >= 15 is 0 Å². The number of likely N-dealkylation sites (N-methyl/N-ethyl adjacent to an activating group) is 1. The first-order valence-electron chi connectivity index (χ1n) is 6.46. The largest absolute Gasteiger partial charge is 0.357 e. The van der Waals surface area contributed by atoms with Gasteiger partial charge >= 0.3 is 0 Å². The second-order valence-electron chi connectivity index (χ2n) is 4.65. The van der Waals surface area contributed by atoms with Crippen LogP contribution in [0.25, 0.3) is 0 Å². The van der Waals surface area contributed by atoms with Gasteiger partial charge in [-0.05, 0) is 13.3 Å². The van der Waals surface area contributed by atoms with Crippen molar-refractivity contribution in [3.63, 3.8) is 0 Å². The van der Waals surface area contributed by atoms with Crippen LogP contribution in [0.3, 0.4) is 0 Å². The van der Waals surface area contributed by atoms with E-state index in [9.17, 15) is 4.79 Å². The van der Waals surface area contributed by atoms with Gasteiger partial charge in [0.15, 0.2) is 0 Å². The van der Waals surface area contributed by atoms with E-state index in [1.165, 1.54) is 0 Å². The zero-order valence-electron chi connectivity index (χ0n) is 12.4. The van der Waals surface area contributed by atoms with Crippen LogP contribution in [0.5, 0.6) is 0 Å². The summed E-state index contributed by atoms with van der Waals surface area (Å²) in [6.45, 7) is 5.13. The van der Waals surface area contributed by atoms with Crippen molar-refractivity contribution in [2.24, 2.45) is 0 Å². The topological polar surface area (TPSA) is 61.4 Å². The normalized spacial score (nSPS) is 10.2. The van der Waals surface area contributed by atoms with Crippen molar-refractivity contribution in [3.05, 3.63) is 11.8 Å². The van der Waals surface area contributed by atoms with Gasteiger partial charge < -0.3 is 15.1 Å². The predicted octanol–water partition coefficient (Wildman–Crippen LogP) is 1.13. The second-order valence-corrected chi connectivity index (χ2v) is 4.65. The first-order valence-corrected chi connectivity index (χ1v) is 6.46. The number of nitrogens with one attached hydrogen (secondary N) is 1. The lowest BCUT2D eigenvalue weighted by Crippen LogP contribution is -2.37. The third-order valence-corrected chi connectivity index (χ3v) is 2.71. The van der Waals surface area contributed by atoms with E-state index < -0.39 is 0 Å². The van der Waals surface area contributed by atoms with Gasteiger partial charge in [0, 0.05) is 39.4 Å². The SMILES string of the molecule is CCCN(CC(=O)N(C)C)c1cc(C)nc(NC)n1. The standard InChI is InChI=1S/C13H23N5O/c1-6-7-18(9-12(19)17(4)5)11-8-10(2)15-13(14-3)16-11/h8H,6-7,9H2,1-5H3,(H,14,15,16). The van der Waals surface area contributed by atoms with Gasteiger partial charge in [-0.1, -0.05) is 6.92 Å². The highest BCUT2D eigenvalue weighted by Crippen LogP contribution is 2.15. The number of aryl methyl sites for hydroxylation is 1. The number of carbonyl (C=O) groups excluding carboxylic acids is 1. The summed E-state index contributed by atoms with van der Waals surface area (Å²) in [5, 5.41) is 2.94. The van der Waals surface area contributed by atoms with Gasteiger partial charge in [-0.3, -0.25) is 4.79 Å². The quantitative estimate of drug-likeness (QED) is 0.835. The summed E-state index contributed by atoms with van der Waals surface area (Å²) in [5.74, 6) is 1.43. The van der Waals surface area contributed by atoms with E-state index in [2.05, 4.69) is 22.2 Å². The Kier molecular flexibility index (Phi) is 5.54. The predicted molar refractivity (Wildman–Crippen MR) is 77.5 cm³/mol. The summed E-state index contributed by atoms with van der Waals surface area (Å²) in [6, 6.07) is 1.90. The van der Waals surface area contributed by atoms with Crippen LogP contribution < -0.4 is 10.2 Å². The summed E-state index contributed by atoms with van der Waals surface area (Å²) in [7, 11) is 5.31. The number of hydrogen-bond donors (Lipinski definition) is 1. The lowest BCUT2D eigenvalue weighted by Gasteiger charge is -2.24. The third-order valence-electron chi connectivity index (χ3n) is 2.71. The highest BCUT2D eigenvalue weighted by Gasteiger charge is 2.14. The van der Waals surface area contributed by atoms with Gasteiger partial charge in [0.25, 0.3) is 0 Å². The minimum absolute atomic E-state index is 0.0655. The molecule has 0 aliphatic heterocycles. The zero-order valence-corrected chi connectivity index (χ0v) is 12.4. The molecule has 1 N–H and O–H groups in total. The lowest BCUT2D eigenvalue weighted by atomic mass is 10.3. The molecule has 0 bridgehead atoms. The molecule has 1 amide bonds. The summed E-state index contributed by atoms with van der Waals surface area (Å²) < 4.78 is 0. The number of amides is 1. The Labute approximate surface area is 114 Å². The van der Waals surface area contributed by atoms with Crippen LogP contribution in [0.1, 0.15) is 19.0 Å². The minimum atomic E-state index is 0.0655. The Hall–Kier alpha value is -1.85. The van der Waals surface area contributed by atoms with E-state index in [1.807, 2.05) is 17.9 Å². The maximum Gasteiger partial charge on any atom is 0.241 e. The molecule has 1 aromatic heterocycles. The fraction of sp³-hybridized carbons (Fsp3) is 0.615. The first-order chi connectivity index (χ1) is 8.97. The van der Waals surface area contributed by atoms with Crippen molar-refractivity contribution in [1.29, 1.82) is 0 Å². The van der Waals surface area contributed by atoms with Crippen LogP contribution in [-0.4, -0.2) is 55.0 Å². The van der Waals surface area contributed by atoms with Gasteiger partial charge in [-0.2, -0.15) is 4.98 Å². The molecule has 6 heteroatoms. The molecule has 6 nitrogen and oxygen atoms in total. The average molecular weight is 265 g/mol. The fourth-order valence-corrected chi connectivity index (χ4v) is 1.67. The van der Waals surface area contributed by atoms with Crippen molar-refractivity contribution in [2.45, 2.75) is 20.3 Å². The van der Waals surface area contributed by atoms with Crippen molar-refractivity contribution < 1.29 is 4.79 Å². The molecule has 0 radical (unpaired) electrons. The highest BCUT2D eigenvalue weighted by molar-refractivity contribution is 5.80. The van der Waals surface area contributed by atoms with Gasteiger partial charge in [0.05, 0.1) is 6.54 Å². The van der Waals surface area contributed by atoms with E-state index in [4.69, 9.17) is 0 Å². The molecule has 0 atom stereocenters. The average Bonchev–Trinajstić information content (AvgIpc) is 2.37. The molecule has 1 rings (SSSR count). The van der Waals surface area contributed by atoms with E-state index in [-0.39, 0.29) is 5.91 Å². The molecule has 0 fully saturated rings. The summed E-state index contributed by atoms with van der Waals surface area (Å²) >= 11 is 0. The summed E-state index contributed by atoms with van der Waals surface area (Å²) in [5.41, 5.74) is 0.882. The number of hydrogen-bond acceptors (Lipinski definition) is 5. The van der Waals surface area contributed by atoms with Crippen LogP contribution in [0.4, 0.5) is 11.8 Å². The van der Waals surface area contributed by atoms with Crippen LogP contribution >= 0.6 is 0 Å². The Balaban J connectivity index is 2.97. The van der Waals surface area contributed by atoms with Gasteiger partial charge in [-0.15, -0.1) is 0 Å². The molecule has 19 heavy (non-hydrogen) atoms. The molecular weight excluding hydrogens is 242 g/mol. The van der Waals surface area contributed by atoms with Gasteiger partial charge in [0.1, 0.15) is 5.82 Å². The van der Waals surface area contributed by atoms with Crippen LogP contribution in [0, 0.1) is 6.92 Å². The van der Waals surface area contributed by atoms with E-state index in [0.29, 0.717) is 12.5 Å². The second kappa shape index (κ2) is 6.92. The van der Waals surface area contributed by atoms with Crippen LogP contribution in [0.15, 0.2) is 6.07 Å². The number of anilines is 2. The summed E-state index contributed by atoms with van der Waals surface area (Å²) in [6.07, 6.45) is 0.957. The number of aromatic nitrogens is 2. The fourth-order valence-electron chi connectivity index (χ4n) is 1.67. The third kappa shape index (κ3) is 4.39.